The van der Waals surface area contributed by atoms with Crippen molar-refractivity contribution in [1.82, 2.24) is 126 Å². The molecule has 4 unspecified atom stereocenters. The van der Waals surface area contributed by atoms with E-state index in [1.165, 1.54) is 222 Å². The number of nitrogens with zero attached hydrogens (tertiary/aromatic N) is 6. The minimum Gasteiger partial charge on any atom is -0.359 e. The van der Waals surface area contributed by atoms with Crippen LogP contribution in [0.5, 0.6) is 0 Å². The molecule has 20 N–H and O–H groups in total. The summed E-state index contributed by atoms with van der Waals surface area (Å²) in [4.78, 5) is 41.7. The van der Waals surface area contributed by atoms with Crippen molar-refractivity contribution >= 4 is 17.7 Å². The van der Waals surface area contributed by atoms with E-state index in [4.69, 9.17) is 0 Å². The van der Waals surface area contributed by atoms with Crippen molar-refractivity contribution in [2.75, 3.05) is 371 Å². The third kappa shape index (κ3) is 57.5. The molecule has 0 bridgehead atoms. The third-order valence-electron chi connectivity index (χ3n) is 21.7. The molecule has 0 radical (unpaired) electrons. The molecule has 13 fully saturated rings. The van der Waals surface area contributed by atoms with E-state index in [0.717, 1.165) is 133 Å². The van der Waals surface area contributed by atoms with Gasteiger partial charge in [0.15, 0.2) is 0 Å². The molecule has 0 aromatic carbocycles. The predicted molar refractivity (Wildman–Crippen MR) is 468 cm³/mol. The van der Waals surface area contributed by atoms with Crippen LogP contribution in [0.15, 0.2) is 0 Å². The molecular weight excluding hydrogens is 1390 g/mol. The quantitative estimate of drug-likeness (QED) is 0.0505. The molecule has 4 atom stereocenters. The number of carbonyl (C=O) groups is 3. The van der Waals surface area contributed by atoms with Gasteiger partial charge in [-0.1, -0.05) is 0 Å². The highest BCUT2D eigenvalue weighted by atomic mass is 16.2. The minimum absolute atomic E-state index is 0.156. The number of likely N-dealkylation sites (tertiary alicyclic amines) is 2. The summed E-state index contributed by atoms with van der Waals surface area (Å²) in [6.07, 6.45) is 12.2. The summed E-state index contributed by atoms with van der Waals surface area (Å²) >= 11 is 0. The largest absolute Gasteiger partial charge is 0.359 e. The zero-order valence-electron chi connectivity index (χ0n) is 75.0. The summed E-state index contributed by atoms with van der Waals surface area (Å²) in [6.45, 7) is 39.8. The van der Waals surface area contributed by atoms with Crippen LogP contribution in [0.1, 0.15) is 64.2 Å². The third-order valence-corrected chi connectivity index (χ3v) is 21.7. The number of piperidine rings is 3. The van der Waals surface area contributed by atoms with E-state index < -0.39 is 0 Å². The monoisotopic (exact) mass is 1570 g/mol. The van der Waals surface area contributed by atoms with E-state index in [1.54, 1.807) is 21.1 Å². The molecule has 0 aromatic rings. The number of hydrogen-bond donors (Lipinski definition) is 20. The number of hydrogen-bond acceptors (Lipinski definition) is 24. The maximum absolute atomic E-state index is 11.0. The maximum Gasteiger partial charge on any atom is 0.225 e. The highest BCUT2D eigenvalue weighted by Gasteiger charge is 2.27. The Morgan fingerprint density at radius 1 is 0.309 bits per heavy atom. The lowest BCUT2D eigenvalue weighted by molar-refractivity contribution is -0.874. The maximum atomic E-state index is 11.0. The lowest BCUT2D eigenvalue weighted by atomic mass is 9.97. The van der Waals surface area contributed by atoms with Crippen molar-refractivity contribution in [1.29, 1.82) is 0 Å². The first-order valence-electron chi connectivity index (χ1n) is 43.3. The Morgan fingerprint density at radius 3 is 0.927 bits per heavy atom. The van der Waals surface area contributed by atoms with Crippen LogP contribution < -0.4 is 106 Å². The Balaban J connectivity index is 0.000000596. The van der Waals surface area contributed by atoms with Gasteiger partial charge in [0.25, 0.3) is 0 Å². The van der Waals surface area contributed by atoms with Gasteiger partial charge in [0.1, 0.15) is 0 Å². The smallest absolute Gasteiger partial charge is 0.225 e. The van der Waals surface area contributed by atoms with Gasteiger partial charge >= 0.3 is 0 Å². The number of amides is 3. The summed E-state index contributed by atoms with van der Waals surface area (Å²) < 4.78 is 2.21. The molecule has 29 nitrogen and oxygen atoms in total. The molecule has 13 aliphatic rings. The lowest BCUT2D eigenvalue weighted by Crippen LogP contribution is -2.51. The lowest BCUT2D eigenvalue weighted by Gasteiger charge is -2.37. The van der Waals surface area contributed by atoms with Gasteiger partial charge in [0.2, 0.25) is 17.7 Å². The molecule has 654 valence electrons. The SMILES string of the molecule is CN(C)CC1CN(C)C1.CN(C)CC1CNC1.CNC(=O)C1CCNC1.CNC(=O)C1CCNCC1.CNC(=O)C1CNC1.CNC1CCNC1.CNC1CCNCC1.CNCC1CCNC1.CNCC1CCNCC1.CNCC1CN(C)C1.CNCC1CNC1.C[N+](C)(C)CC1CCNC1.C[N+](C)(C)CC1CNC1. The Labute approximate surface area is 675 Å². The molecule has 29 heteroatoms. The van der Waals surface area contributed by atoms with Crippen molar-refractivity contribution in [3.63, 3.8) is 0 Å². The Bertz CT molecular complexity index is 2080. The molecule has 0 aromatic heterocycles. The van der Waals surface area contributed by atoms with E-state index in [1.807, 2.05) is 42.3 Å². The van der Waals surface area contributed by atoms with Crippen molar-refractivity contribution < 1.29 is 23.3 Å². The summed E-state index contributed by atoms with van der Waals surface area (Å²) in [5.74, 6) is 8.58. The number of carbonyl (C=O) groups excluding carboxylic acids is 3. The average molecular weight is 1570 g/mol. The van der Waals surface area contributed by atoms with Crippen LogP contribution in [0.4, 0.5) is 0 Å². The van der Waals surface area contributed by atoms with Gasteiger partial charge in [0.05, 0.1) is 67.2 Å². The summed E-state index contributed by atoms with van der Waals surface area (Å²) in [6, 6.07) is 1.51. The molecule has 3 amide bonds. The van der Waals surface area contributed by atoms with Crippen molar-refractivity contribution in [2.24, 2.45) is 65.1 Å². The standard InChI is InChI=1S/C8H19N2.C7H14N2O.C7H17N2.2C7H16N2.C6H12N2O.4C6H14N2.C5H10N2O.2C5H12N2/c1-10(2,3)7-8-4-5-9-6-8;1-8-7(10)6-2-4-9-5-3-6;1-9(2,3)6-7-4-8-5-7;1-8(2)4-7-5-9(3)6-7;1-8-6-7-2-4-9-5-3-7;1-7-6(9)5-2-3-8-4-5;1-8(2)5-6-3-7-4-6;1-7-3-6-4-8(2)5-6;1-7-6-2-4-8-5-3-6;1-7-4-6-2-3-8-5-6;1-6-5(8)4-2-7-3-4;1-6-2-5-3-7-4-5;1-6-5-2-3-7-4-5/h8-9H,4-7H2,1-3H3;6,9H,2-5H2,1H3,(H,8,10);7-8H,4-6H2,1-3H3;7H,4-6H2,1-3H3;7-9H,2-6H2,1H3;5,8H,2-4H2,1H3,(H,7,9);2*6-7H,3-5H2,1-2H3;2*6-8H,2-5H2,1H3;4,7H,2-3H2,1H3,(H,6,8);2*5-7H,2-4H2,1H3/q+1;;+1;;;;;;;;;;. The molecule has 110 heavy (non-hydrogen) atoms. The zero-order valence-corrected chi connectivity index (χ0v) is 75.0. The van der Waals surface area contributed by atoms with Gasteiger partial charge < -0.3 is 135 Å². The molecule has 13 aliphatic heterocycles. The van der Waals surface area contributed by atoms with Crippen LogP contribution in [0, 0.1) is 65.1 Å². The summed E-state index contributed by atoms with van der Waals surface area (Å²) in [7, 11) is 43.5. The Kier molecular flexibility index (Phi) is 63.8. The second-order valence-corrected chi connectivity index (χ2v) is 35.6. The summed E-state index contributed by atoms with van der Waals surface area (Å²) in [5.41, 5.74) is 0. The minimum atomic E-state index is 0.156. The van der Waals surface area contributed by atoms with Gasteiger partial charge in [-0.2, -0.15) is 0 Å². The van der Waals surface area contributed by atoms with Crippen LogP contribution in [-0.4, -0.2) is 429 Å². The molecule has 13 saturated heterocycles. The predicted octanol–water partition coefficient (Wildman–Crippen LogP) is -3.14. The van der Waals surface area contributed by atoms with Gasteiger partial charge in [-0.25, -0.2) is 0 Å². The van der Waals surface area contributed by atoms with E-state index in [9.17, 15) is 14.4 Å². The van der Waals surface area contributed by atoms with E-state index in [2.05, 4.69) is 211 Å². The van der Waals surface area contributed by atoms with E-state index >= 15 is 0 Å². The second-order valence-electron chi connectivity index (χ2n) is 35.6. The van der Waals surface area contributed by atoms with Crippen molar-refractivity contribution in [2.45, 2.75) is 76.3 Å². The van der Waals surface area contributed by atoms with Crippen LogP contribution >= 0.6 is 0 Å². The van der Waals surface area contributed by atoms with Crippen LogP contribution in [0.3, 0.4) is 0 Å². The van der Waals surface area contributed by atoms with Gasteiger partial charge in [-0.3, -0.25) is 14.4 Å². The summed E-state index contributed by atoms with van der Waals surface area (Å²) in [5, 5.41) is 62.7. The van der Waals surface area contributed by atoms with Crippen LogP contribution in [-0.2, 0) is 14.4 Å². The number of rotatable bonds is 21. The molecule has 13 rings (SSSR count). The van der Waals surface area contributed by atoms with Gasteiger partial charge in [-0.15, -0.1) is 0 Å². The number of likely N-dealkylation sites (N-methyl/N-ethyl adjacent to an activating group) is 1. The average Bonchev–Trinajstić information content (AvgIpc) is 1.48. The molecule has 0 aliphatic carbocycles. The van der Waals surface area contributed by atoms with Crippen molar-refractivity contribution in [3.8, 4) is 0 Å². The zero-order chi connectivity index (χ0) is 81.8. The Morgan fingerprint density at radius 2 is 0.618 bits per heavy atom. The van der Waals surface area contributed by atoms with Crippen LogP contribution in [0.25, 0.3) is 0 Å². The number of nitrogens with one attached hydrogen (secondary N) is 20. The van der Waals surface area contributed by atoms with E-state index in [0.29, 0.717) is 0 Å². The molecule has 0 saturated carbocycles. The van der Waals surface area contributed by atoms with Gasteiger partial charge in [0, 0.05) is 175 Å². The first-order valence-corrected chi connectivity index (χ1v) is 43.3. The van der Waals surface area contributed by atoms with Gasteiger partial charge in [-0.05, 0) is 269 Å². The molecular formula is C81H184N26O3+2. The van der Waals surface area contributed by atoms with E-state index in [-0.39, 0.29) is 35.5 Å². The number of quaternary nitrogens is 2. The fourth-order valence-corrected chi connectivity index (χ4v) is 15.0. The topological polar surface area (TPSA) is 305 Å². The first-order chi connectivity index (χ1) is 52.6. The first kappa shape index (κ1) is 105. The van der Waals surface area contributed by atoms with Crippen molar-refractivity contribution in [3.05, 3.63) is 0 Å². The normalized spacial score (nSPS) is 23.8. The highest BCUT2D eigenvalue weighted by Crippen LogP contribution is 2.15. The molecule has 0 spiro atoms. The molecule has 13 heterocycles. The second kappa shape index (κ2) is 66.5. The fourth-order valence-electron chi connectivity index (χ4n) is 15.0. The fraction of sp³-hybridized carbons (Fsp3) is 0.963. The highest BCUT2D eigenvalue weighted by molar-refractivity contribution is 5.80. The van der Waals surface area contributed by atoms with Crippen LogP contribution in [0.2, 0.25) is 0 Å². The Hall–Kier alpha value is -2.51.